The lowest BCUT2D eigenvalue weighted by atomic mass is 9.85. The molecule has 4 rings (SSSR count). The highest BCUT2D eigenvalue weighted by atomic mass is 16.1. The standard InChI is InChI=1S/C18H25N7O/c1-12-8-16(19-2)22-18(21-12)24-6-7-25-15(11-24)9-14(23-25)10-20-17(26)13-4-3-5-13/h8-9,13H,3-7,10-11H2,1-2H3,(H,20,26)(H,19,21,22). The number of amides is 1. The van der Waals surface area contributed by atoms with Gasteiger partial charge in [0.05, 0.1) is 31.0 Å². The maximum absolute atomic E-state index is 12.0. The first-order valence-corrected chi connectivity index (χ1v) is 9.24. The minimum absolute atomic E-state index is 0.164. The van der Waals surface area contributed by atoms with Crippen molar-refractivity contribution in [2.45, 2.75) is 45.8 Å². The highest BCUT2D eigenvalue weighted by Crippen LogP contribution is 2.26. The molecule has 1 aliphatic carbocycles. The van der Waals surface area contributed by atoms with Crippen LogP contribution in [0.3, 0.4) is 0 Å². The van der Waals surface area contributed by atoms with Gasteiger partial charge in [0.1, 0.15) is 5.82 Å². The van der Waals surface area contributed by atoms with Crippen molar-refractivity contribution in [1.29, 1.82) is 0 Å². The van der Waals surface area contributed by atoms with E-state index in [0.29, 0.717) is 6.54 Å². The smallest absolute Gasteiger partial charge is 0.227 e. The molecule has 0 saturated heterocycles. The van der Waals surface area contributed by atoms with Crippen LogP contribution in [-0.2, 0) is 24.4 Å². The average Bonchev–Trinajstić information content (AvgIpc) is 3.00. The molecule has 0 aromatic carbocycles. The van der Waals surface area contributed by atoms with Crippen molar-refractivity contribution in [2.24, 2.45) is 5.92 Å². The monoisotopic (exact) mass is 355 g/mol. The van der Waals surface area contributed by atoms with Crippen LogP contribution in [0, 0.1) is 12.8 Å². The van der Waals surface area contributed by atoms with E-state index in [1.165, 1.54) is 6.42 Å². The molecule has 8 nitrogen and oxygen atoms in total. The van der Waals surface area contributed by atoms with Gasteiger partial charge >= 0.3 is 0 Å². The second-order valence-electron chi connectivity index (χ2n) is 7.06. The lowest BCUT2D eigenvalue weighted by molar-refractivity contribution is -0.127. The Balaban J connectivity index is 1.43. The van der Waals surface area contributed by atoms with Crippen LogP contribution in [0.5, 0.6) is 0 Å². The third-order valence-electron chi connectivity index (χ3n) is 5.15. The SMILES string of the molecule is CNc1cc(C)nc(N2CCn3nc(CNC(=O)C4CCC4)cc3C2)n1. The Labute approximate surface area is 153 Å². The lowest BCUT2D eigenvalue weighted by Crippen LogP contribution is -2.35. The number of carbonyl (C=O) groups is 1. The first kappa shape index (κ1) is 16.8. The fourth-order valence-electron chi connectivity index (χ4n) is 3.40. The minimum Gasteiger partial charge on any atom is -0.373 e. The van der Waals surface area contributed by atoms with Crippen molar-refractivity contribution in [1.82, 2.24) is 25.1 Å². The number of aromatic nitrogens is 4. The van der Waals surface area contributed by atoms with Crippen LogP contribution in [0.15, 0.2) is 12.1 Å². The van der Waals surface area contributed by atoms with Gasteiger partial charge in [-0.15, -0.1) is 0 Å². The molecule has 1 amide bonds. The molecule has 1 fully saturated rings. The summed E-state index contributed by atoms with van der Waals surface area (Å²) in [6, 6.07) is 4.00. The van der Waals surface area contributed by atoms with E-state index in [0.717, 1.165) is 61.3 Å². The van der Waals surface area contributed by atoms with Gasteiger partial charge < -0.3 is 15.5 Å². The number of nitrogens with zero attached hydrogens (tertiary/aromatic N) is 5. The van der Waals surface area contributed by atoms with Crippen molar-refractivity contribution in [2.75, 3.05) is 23.8 Å². The first-order chi connectivity index (χ1) is 12.6. The molecular weight excluding hydrogens is 330 g/mol. The van der Waals surface area contributed by atoms with Crippen LogP contribution in [-0.4, -0.2) is 39.2 Å². The number of aryl methyl sites for hydroxylation is 1. The van der Waals surface area contributed by atoms with E-state index in [1.807, 2.05) is 24.7 Å². The number of anilines is 2. The molecule has 2 N–H and O–H groups in total. The van der Waals surface area contributed by atoms with Gasteiger partial charge in [-0.3, -0.25) is 9.48 Å². The summed E-state index contributed by atoms with van der Waals surface area (Å²) in [5, 5.41) is 10.7. The predicted molar refractivity (Wildman–Crippen MR) is 98.8 cm³/mol. The van der Waals surface area contributed by atoms with Gasteiger partial charge in [-0.05, 0) is 25.8 Å². The van der Waals surface area contributed by atoms with Gasteiger partial charge in [0.2, 0.25) is 11.9 Å². The highest BCUT2D eigenvalue weighted by Gasteiger charge is 2.25. The zero-order valence-electron chi connectivity index (χ0n) is 15.3. The zero-order chi connectivity index (χ0) is 18.1. The Morgan fingerprint density at radius 1 is 1.27 bits per heavy atom. The zero-order valence-corrected chi connectivity index (χ0v) is 15.3. The molecule has 2 aromatic heterocycles. The number of fused-ring (bicyclic) bond motifs is 1. The van der Waals surface area contributed by atoms with Crippen LogP contribution < -0.4 is 15.5 Å². The van der Waals surface area contributed by atoms with E-state index >= 15 is 0 Å². The summed E-state index contributed by atoms with van der Waals surface area (Å²) in [6.45, 7) is 4.80. The number of hydrogen-bond donors (Lipinski definition) is 2. The van der Waals surface area contributed by atoms with E-state index < -0.39 is 0 Å². The summed E-state index contributed by atoms with van der Waals surface area (Å²) in [5.74, 6) is 1.94. The molecule has 1 aliphatic heterocycles. The fourth-order valence-corrected chi connectivity index (χ4v) is 3.40. The molecular formula is C18H25N7O. The molecule has 0 atom stereocenters. The highest BCUT2D eigenvalue weighted by molar-refractivity contribution is 5.79. The van der Waals surface area contributed by atoms with Crippen LogP contribution in [0.4, 0.5) is 11.8 Å². The lowest BCUT2D eigenvalue weighted by Gasteiger charge is -2.28. The average molecular weight is 355 g/mol. The van der Waals surface area contributed by atoms with Crippen LogP contribution in [0.1, 0.15) is 36.3 Å². The number of rotatable bonds is 5. The van der Waals surface area contributed by atoms with Gasteiger partial charge in [0, 0.05) is 31.3 Å². The summed E-state index contributed by atoms with van der Waals surface area (Å²) in [5.41, 5.74) is 2.98. The molecule has 138 valence electrons. The normalized spacial score (nSPS) is 16.8. The second kappa shape index (κ2) is 6.93. The summed E-state index contributed by atoms with van der Waals surface area (Å²) < 4.78 is 2.02. The number of hydrogen-bond acceptors (Lipinski definition) is 6. The molecule has 0 spiro atoms. The predicted octanol–water partition coefficient (Wildman–Crippen LogP) is 1.46. The molecule has 26 heavy (non-hydrogen) atoms. The fraction of sp³-hybridized carbons (Fsp3) is 0.556. The Morgan fingerprint density at radius 2 is 2.12 bits per heavy atom. The van der Waals surface area contributed by atoms with E-state index in [2.05, 4.69) is 36.7 Å². The van der Waals surface area contributed by atoms with Crippen molar-refractivity contribution in [3.63, 3.8) is 0 Å². The van der Waals surface area contributed by atoms with Gasteiger partial charge in [0.25, 0.3) is 0 Å². The van der Waals surface area contributed by atoms with Gasteiger partial charge in [0.15, 0.2) is 0 Å². The van der Waals surface area contributed by atoms with Crippen molar-refractivity contribution < 1.29 is 4.79 Å². The molecule has 0 unspecified atom stereocenters. The minimum atomic E-state index is 0.164. The van der Waals surface area contributed by atoms with E-state index in [9.17, 15) is 4.79 Å². The summed E-state index contributed by atoms with van der Waals surface area (Å²) in [4.78, 5) is 23.3. The molecule has 0 bridgehead atoms. The second-order valence-corrected chi connectivity index (χ2v) is 7.06. The van der Waals surface area contributed by atoms with Crippen molar-refractivity contribution >= 4 is 17.7 Å². The largest absolute Gasteiger partial charge is 0.373 e. The summed E-state index contributed by atoms with van der Waals surface area (Å²) >= 11 is 0. The summed E-state index contributed by atoms with van der Waals surface area (Å²) in [6.07, 6.45) is 3.21. The first-order valence-electron chi connectivity index (χ1n) is 9.24. The van der Waals surface area contributed by atoms with Crippen LogP contribution >= 0.6 is 0 Å². The number of nitrogens with one attached hydrogen (secondary N) is 2. The topological polar surface area (TPSA) is 88.0 Å². The molecule has 0 radical (unpaired) electrons. The number of carbonyl (C=O) groups excluding carboxylic acids is 1. The quantitative estimate of drug-likeness (QED) is 0.844. The van der Waals surface area contributed by atoms with Crippen LogP contribution in [0.25, 0.3) is 0 Å². The maximum atomic E-state index is 12.0. The van der Waals surface area contributed by atoms with Gasteiger partial charge in [-0.25, -0.2) is 4.98 Å². The van der Waals surface area contributed by atoms with Crippen molar-refractivity contribution in [3.8, 4) is 0 Å². The van der Waals surface area contributed by atoms with E-state index in [-0.39, 0.29) is 11.8 Å². The Bertz CT molecular complexity index is 812. The summed E-state index contributed by atoms with van der Waals surface area (Å²) in [7, 11) is 1.86. The van der Waals surface area contributed by atoms with E-state index in [4.69, 9.17) is 0 Å². The molecule has 8 heteroatoms. The van der Waals surface area contributed by atoms with Crippen molar-refractivity contribution in [3.05, 3.63) is 29.2 Å². The maximum Gasteiger partial charge on any atom is 0.227 e. The molecule has 1 saturated carbocycles. The Kier molecular flexibility index (Phi) is 4.48. The Hall–Kier alpha value is -2.64. The van der Waals surface area contributed by atoms with Crippen LogP contribution in [0.2, 0.25) is 0 Å². The van der Waals surface area contributed by atoms with Gasteiger partial charge in [-0.2, -0.15) is 10.1 Å². The third kappa shape index (κ3) is 3.36. The molecule has 3 heterocycles. The Morgan fingerprint density at radius 3 is 2.85 bits per heavy atom. The van der Waals surface area contributed by atoms with E-state index in [1.54, 1.807) is 0 Å². The van der Waals surface area contributed by atoms with Gasteiger partial charge in [-0.1, -0.05) is 6.42 Å². The molecule has 2 aromatic rings. The molecule has 2 aliphatic rings. The third-order valence-corrected chi connectivity index (χ3v) is 5.15.